The molecule has 2 aromatic rings. The molecule has 2 aromatic carbocycles. The molecule has 0 N–H and O–H groups in total. The third-order valence-electron chi connectivity index (χ3n) is 3.44. The van der Waals surface area contributed by atoms with Gasteiger partial charge in [-0.15, -0.1) is 0 Å². The summed E-state index contributed by atoms with van der Waals surface area (Å²) in [6, 6.07) is 19.5. The van der Waals surface area contributed by atoms with Crippen molar-refractivity contribution >= 4 is 5.97 Å². The molecule has 0 saturated carbocycles. The maximum Gasteiger partial charge on any atom is 0.338 e. The molecule has 1 aliphatic heterocycles. The zero-order valence-corrected chi connectivity index (χ0v) is 10.6. The smallest absolute Gasteiger partial charge is 0.338 e. The second kappa shape index (κ2) is 4.52. The van der Waals surface area contributed by atoms with E-state index in [0.717, 1.165) is 11.1 Å². The van der Waals surface area contributed by atoms with E-state index in [1.807, 2.05) is 60.7 Å². The van der Waals surface area contributed by atoms with E-state index in [-0.39, 0.29) is 5.97 Å². The molecule has 3 nitrogen and oxygen atoms in total. The van der Waals surface area contributed by atoms with Gasteiger partial charge >= 0.3 is 5.97 Å². The van der Waals surface area contributed by atoms with E-state index in [1.54, 1.807) is 0 Å². The number of carbonyl (C=O) groups is 1. The monoisotopic (exact) mass is 254 g/mol. The van der Waals surface area contributed by atoms with E-state index >= 15 is 0 Å². The number of methoxy groups -OCH3 is 1. The maximum atomic E-state index is 11.8. The summed E-state index contributed by atoms with van der Waals surface area (Å²) < 4.78 is 10.6. The molecule has 0 bridgehead atoms. The first-order chi connectivity index (χ1) is 9.29. The number of ether oxygens (including phenoxy) is 2. The molecule has 0 unspecified atom stereocenters. The summed E-state index contributed by atoms with van der Waals surface area (Å²) in [5.41, 5.74) is 1.24. The normalized spacial score (nSPS) is 19.7. The minimum absolute atomic E-state index is 0.340. The molecule has 1 saturated heterocycles. The van der Waals surface area contributed by atoms with Gasteiger partial charge in [0.1, 0.15) is 0 Å². The van der Waals surface area contributed by atoms with Gasteiger partial charge in [-0.3, -0.25) is 0 Å². The van der Waals surface area contributed by atoms with Crippen molar-refractivity contribution in [3.05, 3.63) is 71.8 Å². The second-order valence-electron chi connectivity index (χ2n) is 4.49. The quantitative estimate of drug-likeness (QED) is 0.624. The summed E-state index contributed by atoms with van der Waals surface area (Å²) in [7, 11) is 1.38. The van der Waals surface area contributed by atoms with Gasteiger partial charge in [-0.05, 0) is 11.1 Å². The third kappa shape index (κ3) is 1.83. The molecule has 3 heteroatoms. The Morgan fingerprint density at radius 2 is 1.47 bits per heavy atom. The van der Waals surface area contributed by atoms with Crippen LogP contribution in [0.25, 0.3) is 0 Å². The summed E-state index contributed by atoms with van der Waals surface area (Å²) in [6.07, 6.45) is -0.567. The lowest BCUT2D eigenvalue weighted by molar-refractivity contribution is -0.142. The van der Waals surface area contributed by atoms with Crippen LogP contribution >= 0.6 is 0 Å². The maximum absolute atomic E-state index is 11.8. The SMILES string of the molecule is COC(=O)[C@H]1OC1(c1ccccc1)c1ccccc1. The summed E-state index contributed by atoms with van der Waals surface area (Å²) >= 11 is 0. The topological polar surface area (TPSA) is 38.8 Å². The Bertz CT molecular complexity index is 538. The fraction of sp³-hybridized carbons (Fsp3) is 0.188. The van der Waals surface area contributed by atoms with Crippen molar-refractivity contribution in [2.45, 2.75) is 11.7 Å². The molecule has 96 valence electrons. The van der Waals surface area contributed by atoms with Crippen molar-refractivity contribution in [3.63, 3.8) is 0 Å². The first-order valence-electron chi connectivity index (χ1n) is 6.16. The predicted octanol–water partition coefficient (Wildman–Crippen LogP) is 2.50. The lowest BCUT2D eigenvalue weighted by Gasteiger charge is -2.13. The van der Waals surface area contributed by atoms with Crippen LogP contribution in [0.15, 0.2) is 60.7 Å². The molecule has 1 fully saturated rings. The Morgan fingerprint density at radius 3 is 1.89 bits per heavy atom. The highest BCUT2D eigenvalue weighted by Crippen LogP contribution is 2.51. The molecule has 1 atom stereocenters. The Hall–Kier alpha value is -2.13. The van der Waals surface area contributed by atoms with Gasteiger partial charge in [-0.1, -0.05) is 60.7 Å². The standard InChI is InChI=1S/C16H14O3/c1-18-15(17)14-16(19-14,12-8-4-2-5-9-12)13-10-6-3-7-11-13/h2-11,14H,1H3/t14-/m1/s1. The summed E-state index contributed by atoms with van der Waals surface area (Å²) in [4.78, 5) is 11.8. The van der Waals surface area contributed by atoms with Gasteiger partial charge in [0.2, 0.25) is 0 Å². The van der Waals surface area contributed by atoms with E-state index < -0.39 is 11.7 Å². The number of epoxide rings is 1. The van der Waals surface area contributed by atoms with Gasteiger partial charge in [0.05, 0.1) is 7.11 Å². The lowest BCUT2D eigenvalue weighted by Crippen LogP contribution is -2.21. The number of hydrogen-bond donors (Lipinski definition) is 0. The first kappa shape index (κ1) is 11.9. The van der Waals surface area contributed by atoms with E-state index in [2.05, 4.69) is 0 Å². The summed E-state index contributed by atoms with van der Waals surface area (Å²) in [5, 5.41) is 0. The van der Waals surface area contributed by atoms with Gasteiger partial charge < -0.3 is 9.47 Å². The fourth-order valence-corrected chi connectivity index (χ4v) is 2.45. The number of hydrogen-bond acceptors (Lipinski definition) is 3. The van der Waals surface area contributed by atoms with Crippen LogP contribution in [0.3, 0.4) is 0 Å². The van der Waals surface area contributed by atoms with Crippen molar-refractivity contribution in [3.8, 4) is 0 Å². The number of benzene rings is 2. The van der Waals surface area contributed by atoms with Crippen LogP contribution in [0, 0.1) is 0 Å². The van der Waals surface area contributed by atoms with Gasteiger partial charge in [0.25, 0.3) is 0 Å². The molecule has 1 aliphatic rings. The van der Waals surface area contributed by atoms with Crippen LogP contribution in [0.1, 0.15) is 11.1 Å². The van der Waals surface area contributed by atoms with Crippen molar-refractivity contribution in [2.75, 3.05) is 7.11 Å². The molecule has 1 heterocycles. The predicted molar refractivity (Wildman–Crippen MR) is 70.6 cm³/mol. The second-order valence-corrected chi connectivity index (χ2v) is 4.49. The molecule has 0 aliphatic carbocycles. The average molecular weight is 254 g/mol. The van der Waals surface area contributed by atoms with Crippen LogP contribution in [-0.2, 0) is 19.9 Å². The zero-order valence-electron chi connectivity index (χ0n) is 10.6. The number of carbonyl (C=O) groups excluding carboxylic acids is 1. The lowest BCUT2D eigenvalue weighted by atomic mass is 9.88. The summed E-state index contributed by atoms with van der Waals surface area (Å²) in [6.45, 7) is 0. The Balaban J connectivity index is 2.07. The van der Waals surface area contributed by atoms with Crippen molar-refractivity contribution in [2.24, 2.45) is 0 Å². The molecule has 0 aromatic heterocycles. The molecule has 19 heavy (non-hydrogen) atoms. The van der Waals surface area contributed by atoms with Gasteiger partial charge in [0, 0.05) is 0 Å². The molecule has 0 amide bonds. The molecule has 0 spiro atoms. The zero-order chi connectivity index (χ0) is 13.3. The molecular formula is C16H14O3. The Morgan fingerprint density at radius 1 is 1.00 bits per heavy atom. The van der Waals surface area contributed by atoms with Gasteiger partial charge in [-0.2, -0.15) is 0 Å². The van der Waals surface area contributed by atoms with E-state index in [4.69, 9.17) is 9.47 Å². The Labute approximate surface area is 111 Å². The average Bonchev–Trinajstić information content (AvgIpc) is 3.25. The van der Waals surface area contributed by atoms with Gasteiger partial charge in [-0.25, -0.2) is 4.79 Å². The minimum atomic E-state index is -0.699. The van der Waals surface area contributed by atoms with Crippen molar-refractivity contribution < 1.29 is 14.3 Å². The molecular weight excluding hydrogens is 240 g/mol. The minimum Gasteiger partial charge on any atom is -0.467 e. The highest BCUT2D eigenvalue weighted by Gasteiger charge is 2.63. The van der Waals surface area contributed by atoms with Gasteiger partial charge in [0.15, 0.2) is 11.7 Å². The third-order valence-corrected chi connectivity index (χ3v) is 3.44. The first-order valence-corrected chi connectivity index (χ1v) is 6.16. The van der Waals surface area contributed by atoms with E-state index in [9.17, 15) is 4.79 Å². The van der Waals surface area contributed by atoms with Crippen LogP contribution in [0.5, 0.6) is 0 Å². The van der Waals surface area contributed by atoms with E-state index in [0.29, 0.717) is 0 Å². The van der Waals surface area contributed by atoms with Crippen LogP contribution in [0.4, 0.5) is 0 Å². The van der Waals surface area contributed by atoms with E-state index in [1.165, 1.54) is 7.11 Å². The highest BCUT2D eigenvalue weighted by atomic mass is 16.7. The van der Waals surface area contributed by atoms with Crippen LogP contribution in [-0.4, -0.2) is 19.2 Å². The molecule has 3 rings (SSSR count). The number of esters is 1. The molecule has 0 radical (unpaired) electrons. The fourth-order valence-electron chi connectivity index (χ4n) is 2.45. The van der Waals surface area contributed by atoms with Crippen LogP contribution < -0.4 is 0 Å². The number of rotatable bonds is 3. The van der Waals surface area contributed by atoms with Crippen molar-refractivity contribution in [1.82, 2.24) is 0 Å². The highest BCUT2D eigenvalue weighted by molar-refractivity contribution is 5.81. The Kier molecular flexibility index (Phi) is 2.84. The van der Waals surface area contributed by atoms with Crippen LogP contribution in [0.2, 0.25) is 0 Å². The summed E-state index contributed by atoms with van der Waals surface area (Å²) in [5.74, 6) is -0.340. The van der Waals surface area contributed by atoms with Crippen molar-refractivity contribution in [1.29, 1.82) is 0 Å². The largest absolute Gasteiger partial charge is 0.467 e.